The molecule has 2 N–H and O–H groups in total. The maximum absolute atomic E-state index is 6.26. The Kier molecular flexibility index (Phi) is 5.62. The van der Waals surface area contributed by atoms with Crippen LogP contribution in [0.5, 0.6) is 0 Å². The molecule has 1 aliphatic carbocycles. The molecule has 1 fully saturated rings. The lowest BCUT2D eigenvalue weighted by Gasteiger charge is -2.29. The summed E-state index contributed by atoms with van der Waals surface area (Å²) in [7, 11) is 0. The summed E-state index contributed by atoms with van der Waals surface area (Å²) in [4.78, 5) is 0. The molecule has 1 aromatic rings. The van der Waals surface area contributed by atoms with Gasteiger partial charge in [-0.2, -0.15) is 0 Å². The Bertz CT molecular complexity index is 398. The van der Waals surface area contributed by atoms with Gasteiger partial charge in [-0.3, -0.25) is 0 Å². The fourth-order valence-electron chi connectivity index (χ4n) is 2.98. The van der Waals surface area contributed by atoms with Gasteiger partial charge >= 0.3 is 0 Å². The van der Waals surface area contributed by atoms with Crippen LogP contribution in [0.15, 0.2) is 24.3 Å². The topological polar surface area (TPSA) is 35.2 Å². The molecule has 2 rings (SSSR count). The van der Waals surface area contributed by atoms with Crippen LogP contribution in [0.3, 0.4) is 0 Å². The number of ether oxygens (including phenoxy) is 1. The van der Waals surface area contributed by atoms with E-state index in [4.69, 9.17) is 10.5 Å². The van der Waals surface area contributed by atoms with Gasteiger partial charge in [0.2, 0.25) is 0 Å². The zero-order chi connectivity index (χ0) is 14.5. The highest BCUT2D eigenvalue weighted by atomic mass is 16.5. The van der Waals surface area contributed by atoms with Gasteiger partial charge in [0.25, 0.3) is 0 Å². The van der Waals surface area contributed by atoms with Crippen LogP contribution in [-0.2, 0) is 4.74 Å². The lowest BCUT2D eigenvalue weighted by molar-refractivity contribution is -0.0113. The molecule has 0 aromatic heterocycles. The van der Waals surface area contributed by atoms with Crippen molar-refractivity contribution in [3.05, 3.63) is 35.4 Å². The second-order valence-electron chi connectivity index (χ2n) is 6.56. The molecular weight excluding hydrogens is 246 g/mol. The molecule has 0 aliphatic heterocycles. The van der Waals surface area contributed by atoms with Crippen molar-refractivity contribution in [3.63, 3.8) is 0 Å². The van der Waals surface area contributed by atoms with E-state index < -0.39 is 0 Å². The summed E-state index contributed by atoms with van der Waals surface area (Å²) in [6, 6.07) is 8.65. The Balaban J connectivity index is 1.86. The number of hydrogen-bond donors (Lipinski definition) is 1. The van der Waals surface area contributed by atoms with Crippen LogP contribution in [0.2, 0.25) is 0 Å². The molecule has 1 saturated carbocycles. The summed E-state index contributed by atoms with van der Waals surface area (Å²) in [5, 5.41) is 0. The monoisotopic (exact) mass is 275 g/mol. The van der Waals surface area contributed by atoms with Crippen molar-refractivity contribution in [3.8, 4) is 0 Å². The maximum atomic E-state index is 6.26. The number of hydrogen-bond acceptors (Lipinski definition) is 2. The van der Waals surface area contributed by atoms with Gasteiger partial charge in [0, 0.05) is 0 Å². The summed E-state index contributed by atoms with van der Waals surface area (Å²) in [5.74, 6) is 1.25. The molecule has 0 heterocycles. The normalized spacial score (nSPS) is 24.9. The van der Waals surface area contributed by atoms with Crippen LogP contribution in [0.4, 0.5) is 0 Å². The Morgan fingerprint density at radius 1 is 1.10 bits per heavy atom. The van der Waals surface area contributed by atoms with Gasteiger partial charge in [0.05, 0.1) is 18.8 Å². The van der Waals surface area contributed by atoms with E-state index in [9.17, 15) is 0 Å². The van der Waals surface area contributed by atoms with Gasteiger partial charge in [-0.15, -0.1) is 0 Å². The Labute approximate surface area is 123 Å². The Morgan fingerprint density at radius 3 is 2.30 bits per heavy atom. The second-order valence-corrected chi connectivity index (χ2v) is 6.56. The molecule has 0 spiro atoms. The summed E-state index contributed by atoms with van der Waals surface area (Å²) < 4.78 is 6.06. The summed E-state index contributed by atoms with van der Waals surface area (Å²) in [6.45, 7) is 7.35. The van der Waals surface area contributed by atoms with Crippen LogP contribution in [0, 0.1) is 5.92 Å². The van der Waals surface area contributed by atoms with Gasteiger partial charge in [0.15, 0.2) is 0 Å². The molecule has 0 amide bonds. The number of nitrogens with two attached hydrogens (primary N) is 1. The van der Waals surface area contributed by atoms with E-state index >= 15 is 0 Å². The first-order chi connectivity index (χ1) is 9.58. The van der Waals surface area contributed by atoms with Gasteiger partial charge in [-0.05, 0) is 35.8 Å². The second kappa shape index (κ2) is 7.24. The third kappa shape index (κ3) is 4.07. The van der Waals surface area contributed by atoms with E-state index in [1.54, 1.807) is 0 Å². The van der Waals surface area contributed by atoms with Crippen LogP contribution in [0.1, 0.15) is 69.5 Å². The molecule has 2 heteroatoms. The third-order valence-electron chi connectivity index (χ3n) is 4.55. The van der Waals surface area contributed by atoms with E-state index in [0.29, 0.717) is 24.5 Å². The molecule has 0 saturated heterocycles. The highest BCUT2D eigenvalue weighted by molar-refractivity contribution is 5.26. The van der Waals surface area contributed by atoms with Crippen LogP contribution >= 0.6 is 0 Å². The van der Waals surface area contributed by atoms with E-state index in [1.807, 2.05) is 0 Å². The minimum Gasteiger partial charge on any atom is -0.376 e. The zero-order valence-corrected chi connectivity index (χ0v) is 13.1. The predicted octanol–water partition coefficient (Wildman–Crippen LogP) is 4.41. The predicted molar refractivity (Wildman–Crippen MR) is 84.8 cm³/mol. The molecule has 0 bridgehead atoms. The smallest absolute Gasteiger partial charge is 0.0663 e. The molecule has 1 aromatic carbocycles. The van der Waals surface area contributed by atoms with Gasteiger partial charge in [-0.1, -0.05) is 57.9 Å². The zero-order valence-electron chi connectivity index (χ0n) is 13.1. The first-order valence-electron chi connectivity index (χ1n) is 8.05. The van der Waals surface area contributed by atoms with Gasteiger partial charge in [-0.25, -0.2) is 0 Å². The van der Waals surface area contributed by atoms with Crippen molar-refractivity contribution in [1.82, 2.24) is 0 Å². The van der Waals surface area contributed by atoms with Crippen molar-refractivity contribution in [1.29, 1.82) is 0 Å². The van der Waals surface area contributed by atoms with Crippen molar-refractivity contribution in [2.45, 2.75) is 64.5 Å². The molecule has 112 valence electrons. The van der Waals surface area contributed by atoms with E-state index in [2.05, 4.69) is 45.0 Å². The minimum absolute atomic E-state index is 0.00895. The van der Waals surface area contributed by atoms with Gasteiger partial charge < -0.3 is 10.5 Å². The first-order valence-corrected chi connectivity index (χ1v) is 8.05. The number of rotatable bonds is 5. The Hall–Kier alpha value is -0.860. The average Bonchev–Trinajstić information content (AvgIpc) is 2.46. The molecular formula is C18H29NO. The Morgan fingerprint density at radius 2 is 1.70 bits per heavy atom. The SMILES string of the molecule is CC(C)c1ccc(C(N)COC2CCCCC2C)cc1. The highest BCUT2D eigenvalue weighted by Gasteiger charge is 2.22. The largest absolute Gasteiger partial charge is 0.376 e. The van der Waals surface area contributed by atoms with Crippen LogP contribution < -0.4 is 5.73 Å². The fourth-order valence-corrected chi connectivity index (χ4v) is 2.98. The molecule has 3 unspecified atom stereocenters. The van der Waals surface area contributed by atoms with Crippen LogP contribution in [0.25, 0.3) is 0 Å². The lowest BCUT2D eigenvalue weighted by Crippen LogP contribution is -2.29. The molecule has 0 radical (unpaired) electrons. The van der Waals surface area contributed by atoms with Crippen LogP contribution in [-0.4, -0.2) is 12.7 Å². The first kappa shape index (κ1) is 15.5. The summed E-state index contributed by atoms with van der Waals surface area (Å²) in [6.07, 6.45) is 5.55. The van der Waals surface area contributed by atoms with Crippen molar-refractivity contribution >= 4 is 0 Å². The standard InChI is InChI=1S/C18H29NO/c1-13(2)15-8-10-16(11-9-15)17(19)12-20-18-7-5-4-6-14(18)3/h8-11,13-14,17-18H,4-7,12,19H2,1-3H3. The van der Waals surface area contributed by atoms with Crippen molar-refractivity contribution < 1.29 is 4.74 Å². The maximum Gasteiger partial charge on any atom is 0.0663 e. The third-order valence-corrected chi connectivity index (χ3v) is 4.55. The van der Waals surface area contributed by atoms with E-state index in [0.717, 1.165) is 0 Å². The summed E-state index contributed by atoms with van der Waals surface area (Å²) in [5.41, 5.74) is 8.80. The molecule has 1 aliphatic rings. The van der Waals surface area contributed by atoms with E-state index in [1.165, 1.54) is 36.8 Å². The van der Waals surface area contributed by atoms with E-state index in [-0.39, 0.29) is 6.04 Å². The highest BCUT2D eigenvalue weighted by Crippen LogP contribution is 2.27. The quantitative estimate of drug-likeness (QED) is 0.864. The summed E-state index contributed by atoms with van der Waals surface area (Å²) >= 11 is 0. The molecule has 20 heavy (non-hydrogen) atoms. The average molecular weight is 275 g/mol. The van der Waals surface area contributed by atoms with Crippen molar-refractivity contribution in [2.24, 2.45) is 11.7 Å². The fraction of sp³-hybridized carbons (Fsp3) is 0.667. The van der Waals surface area contributed by atoms with Crippen molar-refractivity contribution in [2.75, 3.05) is 6.61 Å². The molecule has 3 atom stereocenters. The lowest BCUT2D eigenvalue weighted by atomic mass is 9.88. The van der Waals surface area contributed by atoms with Gasteiger partial charge in [0.1, 0.15) is 0 Å². The minimum atomic E-state index is -0.00895. The molecule has 2 nitrogen and oxygen atoms in total. The number of benzene rings is 1.